The predicted molar refractivity (Wildman–Crippen MR) is 82.6 cm³/mol. The minimum atomic E-state index is -0.541. The second kappa shape index (κ2) is 5.58. The van der Waals surface area contributed by atoms with Crippen molar-refractivity contribution in [1.82, 2.24) is 4.90 Å². The Balaban J connectivity index is 1.79. The monoisotopic (exact) mass is 280 g/mol. The zero-order chi connectivity index (χ0) is 14.2. The van der Waals surface area contributed by atoms with Crippen molar-refractivity contribution < 1.29 is 5.11 Å². The molecule has 0 spiro atoms. The number of hydrogen-bond acceptors (Lipinski definition) is 3. The van der Waals surface area contributed by atoms with E-state index in [1.807, 2.05) is 0 Å². The molecule has 0 aromatic heterocycles. The molecule has 3 rings (SSSR count). The SMILES string of the molecule is CC1CC(O)(C2(CN)CCCCCCC2)CN1C1CC1. The average Bonchev–Trinajstić information content (AvgIpc) is 3.16. The van der Waals surface area contributed by atoms with Crippen LogP contribution in [0.4, 0.5) is 0 Å². The van der Waals surface area contributed by atoms with Gasteiger partial charge < -0.3 is 10.8 Å². The van der Waals surface area contributed by atoms with Gasteiger partial charge >= 0.3 is 0 Å². The van der Waals surface area contributed by atoms with E-state index in [4.69, 9.17) is 5.73 Å². The van der Waals surface area contributed by atoms with Gasteiger partial charge in [-0.1, -0.05) is 32.1 Å². The van der Waals surface area contributed by atoms with Crippen LogP contribution in [0.2, 0.25) is 0 Å². The number of nitrogens with zero attached hydrogens (tertiary/aromatic N) is 1. The van der Waals surface area contributed by atoms with E-state index in [1.165, 1.54) is 44.9 Å². The maximum Gasteiger partial charge on any atom is 0.0856 e. The van der Waals surface area contributed by atoms with E-state index in [2.05, 4.69) is 11.8 Å². The summed E-state index contributed by atoms with van der Waals surface area (Å²) in [5.41, 5.74) is 5.66. The van der Waals surface area contributed by atoms with Crippen molar-refractivity contribution in [3.05, 3.63) is 0 Å². The van der Waals surface area contributed by atoms with Crippen LogP contribution in [0.15, 0.2) is 0 Å². The summed E-state index contributed by atoms with van der Waals surface area (Å²) in [5, 5.41) is 11.5. The van der Waals surface area contributed by atoms with Crippen LogP contribution in [0.3, 0.4) is 0 Å². The molecule has 1 heterocycles. The largest absolute Gasteiger partial charge is 0.388 e. The molecule has 0 aromatic rings. The summed E-state index contributed by atoms with van der Waals surface area (Å²) in [6.07, 6.45) is 12.3. The highest BCUT2D eigenvalue weighted by Crippen LogP contribution is 2.50. The van der Waals surface area contributed by atoms with E-state index >= 15 is 0 Å². The Labute approximate surface area is 123 Å². The fourth-order valence-electron chi connectivity index (χ4n) is 4.85. The molecule has 1 saturated heterocycles. The van der Waals surface area contributed by atoms with Crippen molar-refractivity contribution in [3.63, 3.8) is 0 Å². The number of β-amino-alcohol motifs (C(OH)–C–C–N with tert-alkyl or cyclic N) is 1. The van der Waals surface area contributed by atoms with Gasteiger partial charge in [-0.05, 0) is 39.0 Å². The van der Waals surface area contributed by atoms with Gasteiger partial charge in [-0.25, -0.2) is 0 Å². The van der Waals surface area contributed by atoms with Crippen molar-refractivity contribution in [3.8, 4) is 0 Å². The van der Waals surface area contributed by atoms with Gasteiger partial charge in [0.15, 0.2) is 0 Å². The summed E-state index contributed by atoms with van der Waals surface area (Å²) in [6, 6.07) is 1.28. The van der Waals surface area contributed by atoms with Gasteiger partial charge in [0.25, 0.3) is 0 Å². The lowest BCUT2D eigenvalue weighted by molar-refractivity contribution is -0.0856. The van der Waals surface area contributed by atoms with Crippen LogP contribution in [-0.2, 0) is 0 Å². The molecule has 116 valence electrons. The maximum atomic E-state index is 11.5. The highest BCUT2D eigenvalue weighted by molar-refractivity contribution is 5.09. The Morgan fingerprint density at radius 2 is 1.70 bits per heavy atom. The quantitative estimate of drug-likeness (QED) is 0.835. The first-order valence-corrected chi connectivity index (χ1v) is 8.78. The molecule has 0 amide bonds. The van der Waals surface area contributed by atoms with Crippen LogP contribution in [0.5, 0.6) is 0 Å². The van der Waals surface area contributed by atoms with E-state index in [-0.39, 0.29) is 5.41 Å². The second-order valence-corrected chi connectivity index (χ2v) is 7.74. The summed E-state index contributed by atoms with van der Waals surface area (Å²) < 4.78 is 0. The van der Waals surface area contributed by atoms with Crippen molar-refractivity contribution in [2.24, 2.45) is 11.1 Å². The summed E-state index contributed by atoms with van der Waals surface area (Å²) in [6.45, 7) is 3.83. The zero-order valence-electron chi connectivity index (χ0n) is 13.1. The molecular formula is C17H32N2O. The molecule has 3 heteroatoms. The van der Waals surface area contributed by atoms with Crippen LogP contribution in [0.1, 0.15) is 71.1 Å². The molecule has 2 aliphatic carbocycles. The van der Waals surface area contributed by atoms with Gasteiger partial charge in [-0.2, -0.15) is 0 Å². The molecule has 0 radical (unpaired) electrons. The molecule has 2 atom stereocenters. The van der Waals surface area contributed by atoms with Crippen LogP contribution >= 0.6 is 0 Å². The Kier molecular flexibility index (Phi) is 4.13. The van der Waals surface area contributed by atoms with Gasteiger partial charge in [0, 0.05) is 30.6 Å². The topological polar surface area (TPSA) is 49.5 Å². The standard InChI is InChI=1S/C17H32N2O/c1-14-11-17(20,13-19(14)15-7-8-15)16(12-18)9-5-3-2-4-6-10-16/h14-15,20H,2-13,18H2,1H3. The molecule has 3 nitrogen and oxygen atoms in total. The summed E-state index contributed by atoms with van der Waals surface area (Å²) in [5.74, 6) is 0. The first kappa shape index (κ1) is 14.8. The second-order valence-electron chi connectivity index (χ2n) is 7.74. The van der Waals surface area contributed by atoms with E-state index in [1.54, 1.807) is 0 Å². The highest BCUT2D eigenvalue weighted by atomic mass is 16.3. The third-order valence-electron chi connectivity index (χ3n) is 6.35. The number of nitrogens with two attached hydrogens (primary N) is 1. The smallest absolute Gasteiger partial charge is 0.0856 e. The molecule has 2 unspecified atom stereocenters. The normalized spacial score (nSPS) is 39.5. The molecule has 3 N–H and O–H groups in total. The molecule has 3 aliphatic rings. The molecule has 20 heavy (non-hydrogen) atoms. The fourth-order valence-corrected chi connectivity index (χ4v) is 4.85. The van der Waals surface area contributed by atoms with Crippen molar-refractivity contribution in [2.45, 2.75) is 88.8 Å². The zero-order valence-corrected chi connectivity index (χ0v) is 13.1. The number of aliphatic hydroxyl groups is 1. The lowest BCUT2D eigenvalue weighted by atomic mass is 9.64. The molecule has 0 aromatic carbocycles. The van der Waals surface area contributed by atoms with Gasteiger partial charge in [-0.15, -0.1) is 0 Å². The van der Waals surface area contributed by atoms with Crippen LogP contribution < -0.4 is 5.73 Å². The van der Waals surface area contributed by atoms with E-state index in [9.17, 15) is 5.11 Å². The summed E-state index contributed by atoms with van der Waals surface area (Å²) >= 11 is 0. The Morgan fingerprint density at radius 3 is 2.25 bits per heavy atom. The van der Waals surface area contributed by atoms with E-state index in [0.29, 0.717) is 12.6 Å². The van der Waals surface area contributed by atoms with Crippen molar-refractivity contribution >= 4 is 0 Å². The maximum absolute atomic E-state index is 11.5. The fraction of sp³-hybridized carbons (Fsp3) is 1.00. The first-order chi connectivity index (χ1) is 9.60. The van der Waals surface area contributed by atoms with Gasteiger partial charge in [0.05, 0.1) is 5.60 Å². The lowest BCUT2D eigenvalue weighted by Crippen LogP contribution is -2.54. The molecule has 0 bridgehead atoms. The third kappa shape index (κ3) is 2.53. The van der Waals surface area contributed by atoms with Gasteiger partial charge in [0.2, 0.25) is 0 Å². The minimum absolute atomic E-state index is 0.0225. The number of hydrogen-bond donors (Lipinski definition) is 2. The van der Waals surface area contributed by atoms with Gasteiger partial charge in [-0.3, -0.25) is 4.90 Å². The highest BCUT2D eigenvalue weighted by Gasteiger charge is 2.56. The van der Waals surface area contributed by atoms with Crippen molar-refractivity contribution in [1.29, 1.82) is 0 Å². The lowest BCUT2D eigenvalue weighted by Gasteiger charge is -2.46. The Bertz CT molecular complexity index is 334. The number of rotatable bonds is 3. The van der Waals surface area contributed by atoms with Crippen molar-refractivity contribution in [2.75, 3.05) is 13.1 Å². The Morgan fingerprint density at radius 1 is 1.10 bits per heavy atom. The van der Waals surface area contributed by atoms with Gasteiger partial charge in [0.1, 0.15) is 0 Å². The van der Waals surface area contributed by atoms with Crippen LogP contribution in [0.25, 0.3) is 0 Å². The predicted octanol–water partition coefficient (Wildman–Crippen LogP) is 2.66. The van der Waals surface area contributed by atoms with Crippen LogP contribution in [0, 0.1) is 5.41 Å². The average molecular weight is 280 g/mol. The molecular weight excluding hydrogens is 248 g/mol. The molecule has 3 fully saturated rings. The Hall–Kier alpha value is -0.120. The third-order valence-corrected chi connectivity index (χ3v) is 6.35. The van der Waals surface area contributed by atoms with Crippen LogP contribution in [-0.4, -0.2) is 40.8 Å². The molecule has 1 aliphatic heterocycles. The number of likely N-dealkylation sites (tertiary alicyclic amines) is 1. The summed E-state index contributed by atoms with van der Waals surface area (Å²) in [4.78, 5) is 2.57. The first-order valence-electron chi connectivity index (χ1n) is 8.78. The minimum Gasteiger partial charge on any atom is -0.388 e. The van der Waals surface area contributed by atoms with E-state index < -0.39 is 5.60 Å². The summed E-state index contributed by atoms with van der Waals surface area (Å²) in [7, 11) is 0. The molecule has 2 saturated carbocycles. The van der Waals surface area contributed by atoms with E-state index in [0.717, 1.165) is 31.8 Å².